The molecule has 1 atom stereocenters. The summed E-state index contributed by atoms with van der Waals surface area (Å²) in [5.74, 6) is 1.00. The first-order valence-corrected chi connectivity index (χ1v) is 8.95. The highest BCUT2D eigenvalue weighted by Crippen LogP contribution is 2.21. The molecule has 1 unspecified atom stereocenters. The van der Waals surface area contributed by atoms with Gasteiger partial charge in [-0.2, -0.15) is 0 Å². The van der Waals surface area contributed by atoms with E-state index in [9.17, 15) is 8.42 Å². The van der Waals surface area contributed by atoms with E-state index in [2.05, 4.69) is 12.2 Å². The zero-order chi connectivity index (χ0) is 13.6. The van der Waals surface area contributed by atoms with Crippen LogP contribution in [0.4, 0.5) is 0 Å². The molecule has 0 radical (unpaired) electrons. The van der Waals surface area contributed by atoms with Gasteiger partial charge in [0.2, 0.25) is 0 Å². The number of benzene rings is 1. The first kappa shape index (κ1) is 15.5. The van der Waals surface area contributed by atoms with Gasteiger partial charge in [0, 0.05) is 22.9 Å². The van der Waals surface area contributed by atoms with E-state index in [1.54, 1.807) is 23.9 Å². The Kier molecular flexibility index (Phi) is 6.18. The number of nitrogens with one attached hydrogen (secondary N) is 1. The summed E-state index contributed by atoms with van der Waals surface area (Å²) in [5.41, 5.74) is 0. The normalized spacial score (nSPS) is 13.5. The molecule has 0 amide bonds. The molecule has 1 N–H and O–H groups in total. The van der Waals surface area contributed by atoms with Gasteiger partial charge >= 0.3 is 0 Å². The first-order valence-electron chi connectivity index (χ1n) is 6.07. The molecule has 0 spiro atoms. The topological polar surface area (TPSA) is 46.2 Å². The maximum absolute atomic E-state index is 11.3. The summed E-state index contributed by atoms with van der Waals surface area (Å²) < 4.78 is 22.6. The minimum Gasteiger partial charge on any atom is -0.316 e. The van der Waals surface area contributed by atoms with E-state index in [0.717, 1.165) is 17.1 Å². The Bertz CT molecular complexity index is 454. The van der Waals surface area contributed by atoms with Crippen molar-refractivity contribution < 1.29 is 8.42 Å². The lowest BCUT2D eigenvalue weighted by Crippen LogP contribution is -2.27. The van der Waals surface area contributed by atoms with Gasteiger partial charge in [-0.25, -0.2) is 8.42 Å². The van der Waals surface area contributed by atoms with Crippen LogP contribution >= 0.6 is 11.8 Å². The molecular weight excluding hydrogens is 266 g/mol. The fourth-order valence-corrected chi connectivity index (χ4v) is 3.33. The highest BCUT2D eigenvalue weighted by atomic mass is 32.2. The molecule has 0 aromatic heterocycles. The summed E-state index contributed by atoms with van der Waals surface area (Å²) in [6.07, 6.45) is 3.55. The Labute approximate surface area is 114 Å². The van der Waals surface area contributed by atoms with Gasteiger partial charge in [0.15, 0.2) is 9.84 Å². The molecule has 0 heterocycles. The second-order valence-corrected chi connectivity index (χ2v) is 7.44. The third-order valence-corrected chi connectivity index (χ3v) is 5.05. The molecule has 0 aliphatic rings. The van der Waals surface area contributed by atoms with Crippen LogP contribution in [0.3, 0.4) is 0 Å². The Morgan fingerprint density at radius 2 is 1.89 bits per heavy atom. The van der Waals surface area contributed by atoms with Crippen molar-refractivity contribution in [2.24, 2.45) is 0 Å². The van der Waals surface area contributed by atoms with Gasteiger partial charge in [-0.15, -0.1) is 11.8 Å². The zero-order valence-electron chi connectivity index (χ0n) is 11.1. The molecule has 102 valence electrons. The lowest BCUT2D eigenvalue weighted by molar-refractivity contribution is 0.564. The number of sulfone groups is 1. The molecule has 0 aliphatic heterocycles. The molecular formula is C13H21NO2S2. The predicted octanol–water partition coefficient (Wildman–Crippen LogP) is 2.57. The van der Waals surface area contributed by atoms with Gasteiger partial charge in [0.25, 0.3) is 0 Å². The fraction of sp³-hybridized carbons (Fsp3) is 0.538. The number of thioether (sulfide) groups is 1. The Hall–Kier alpha value is -0.520. The second kappa shape index (κ2) is 7.16. The van der Waals surface area contributed by atoms with E-state index in [1.165, 1.54) is 12.7 Å². The maximum atomic E-state index is 11.3. The van der Waals surface area contributed by atoms with E-state index in [-0.39, 0.29) is 0 Å². The molecule has 5 heteroatoms. The van der Waals surface area contributed by atoms with Gasteiger partial charge in [-0.05, 0) is 37.7 Å². The standard InChI is InChI=1S/C13H21NO2S2/c1-4-5-11(14-2)10-17-12-6-8-13(9-7-12)18(3,15)16/h6-9,11,14H,4-5,10H2,1-3H3. The van der Waals surface area contributed by atoms with E-state index < -0.39 is 9.84 Å². The molecule has 1 aromatic rings. The van der Waals surface area contributed by atoms with Crippen LogP contribution in [0.25, 0.3) is 0 Å². The average molecular weight is 287 g/mol. The van der Waals surface area contributed by atoms with Crippen LogP contribution in [0.5, 0.6) is 0 Å². The van der Waals surface area contributed by atoms with Gasteiger partial charge in [0.05, 0.1) is 4.90 Å². The minimum absolute atomic E-state index is 0.380. The third kappa shape index (κ3) is 5.00. The highest BCUT2D eigenvalue weighted by Gasteiger charge is 2.08. The third-order valence-electron chi connectivity index (χ3n) is 2.75. The summed E-state index contributed by atoms with van der Waals surface area (Å²) in [6, 6.07) is 7.60. The monoisotopic (exact) mass is 287 g/mol. The predicted molar refractivity (Wildman–Crippen MR) is 78.0 cm³/mol. The molecule has 18 heavy (non-hydrogen) atoms. The second-order valence-electron chi connectivity index (χ2n) is 4.33. The van der Waals surface area contributed by atoms with Gasteiger partial charge in [0.1, 0.15) is 0 Å². The van der Waals surface area contributed by atoms with Crippen LogP contribution < -0.4 is 5.32 Å². The molecule has 0 aliphatic carbocycles. The van der Waals surface area contributed by atoms with Crippen molar-refractivity contribution in [3.63, 3.8) is 0 Å². The Morgan fingerprint density at radius 1 is 1.28 bits per heavy atom. The zero-order valence-corrected chi connectivity index (χ0v) is 12.8. The first-order chi connectivity index (χ1) is 8.47. The summed E-state index contributed by atoms with van der Waals surface area (Å²) in [7, 11) is -1.11. The molecule has 0 saturated heterocycles. The highest BCUT2D eigenvalue weighted by molar-refractivity contribution is 7.99. The molecule has 1 rings (SSSR count). The van der Waals surface area contributed by atoms with Gasteiger partial charge in [-0.1, -0.05) is 13.3 Å². The molecule has 0 bridgehead atoms. The summed E-state index contributed by atoms with van der Waals surface area (Å²) in [5, 5.41) is 3.29. The average Bonchev–Trinajstić information content (AvgIpc) is 2.34. The van der Waals surface area contributed by atoms with Gasteiger partial charge in [-0.3, -0.25) is 0 Å². The van der Waals surface area contributed by atoms with Gasteiger partial charge < -0.3 is 5.32 Å². The minimum atomic E-state index is -3.09. The largest absolute Gasteiger partial charge is 0.316 e. The van der Waals surface area contributed by atoms with Crippen LogP contribution in [0.1, 0.15) is 19.8 Å². The maximum Gasteiger partial charge on any atom is 0.175 e. The van der Waals surface area contributed by atoms with Crippen LogP contribution in [0.2, 0.25) is 0 Å². The van der Waals surface area contributed by atoms with Crippen molar-refractivity contribution in [2.45, 2.75) is 35.6 Å². The van der Waals surface area contributed by atoms with E-state index in [1.807, 2.05) is 19.2 Å². The van der Waals surface area contributed by atoms with Crippen molar-refractivity contribution in [1.29, 1.82) is 0 Å². The lowest BCUT2D eigenvalue weighted by Gasteiger charge is -2.14. The number of hydrogen-bond acceptors (Lipinski definition) is 4. The van der Waals surface area contributed by atoms with Crippen molar-refractivity contribution >= 4 is 21.6 Å². The quantitative estimate of drug-likeness (QED) is 0.783. The van der Waals surface area contributed by atoms with Crippen molar-refractivity contribution in [1.82, 2.24) is 5.32 Å². The van der Waals surface area contributed by atoms with Crippen LogP contribution in [-0.2, 0) is 9.84 Å². The van der Waals surface area contributed by atoms with Crippen LogP contribution in [0, 0.1) is 0 Å². The van der Waals surface area contributed by atoms with Crippen molar-refractivity contribution in [3.8, 4) is 0 Å². The summed E-state index contributed by atoms with van der Waals surface area (Å²) >= 11 is 1.76. The Morgan fingerprint density at radius 3 is 2.33 bits per heavy atom. The number of hydrogen-bond donors (Lipinski definition) is 1. The van der Waals surface area contributed by atoms with Crippen molar-refractivity contribution in [2.75, 3.05) is 19.1 Å². The molecule has 3 nitrogen and oxygen atoms in total. The van der Waals surface area contributed by atoms with Crippen LogP contribution in [0.15, 0.2) is 34.1 Å². The molecule has 0 saturated carbocycles. The lowest BCUT2D eigenvalue weighted by atomic mass is 10.2. The molecule has 1 aromatic carbocycles. The van der Waals surface area contributed by atoms with E-state index in [0.29, 0.717) is 10.9 Å². The summed E-state index contributed by atoms with van der Waals surface area (Å²) in [4.78, 5) is 1.49. The van der Waals surface area contributed by atoms with E-state index in [4.69, 9.17) is 0 Å². The van der Waals surface area contributed by atoms with E-state index >= 15 is 0 Å². The molecule has 0 fully saturated rings. The van der Waals surface area contributed by atoms with Crippen LogP contribution in [-0.4, -0.2) is 33.5 Å². The fourth-order valence-electron chi connectivity index (χ4n) is 1.64. The Balaban J connectivity index is 2.59. The smallest absolute Gasteiger partial charge is 0.175 e. The van der Waals surface area contributed by atoms with Crippen molar-refractivity contribution in [3.05, 3.63) is 24.3 Å². The summed E-state index contributed by atoms with van der Waals surface area (Å²) in [6.45, 7) is 2.18. The SMILES string of the molecule is CCCC(CSc1ccc(S(C)(=O)=O)cc1)NC. The number of rotatable bonds is 7.